The lowest BCUT2D eigenvalue weighted by atomic mass is 10.2. The first-order valence-electron chi connectivity index (χ1n) is 7.33. The van der Waals surface area contributed by atoms with E-state index < -0.39 is 0 Å². The van der Waals surface area contributed by atoms with E-state index in [1.807, 2.05) is 38.1 Å². The Balaban J connectivity index is 1.80. The summed E-state index contributed by atoms with van der Waals surface area (Å²) in [6.07, 6.45) is 2.13. The Hall–Kier alpha value is -1.88. The predicted octanol–water partition coefficient (Wildman–Crippen LogP) is 1.53. The zero-order valence-electron chi connectivity index (χ0n) is 12.8. The van der Waals surface area contributed by atoms with E-state index in [-0.39, 0.29) is 24.4 Å². The molecule has 1 fully saturated rings. The number of carbonyl (C=O) groups is 2. The number of hydrogen-bond donors (Lipinski definition) is 2. The lowest BCUT2D eigenvalue weighted by molar-refractivity contribution is -0.126. The van der Waals surface area contributed by atoms with Crippen molar-refractivity contribution in [3.8, 4) is 0 Å². The number of aryl methyl sites for hydroxylation is 1. The van der Waals surface area contributed by atoms with Crippen molar-refractivity contribution in [1.29, 1.82) is 0 Å². The van der Waals surface area contributed by atoms with Gasteiger partial charge in [0.25, 0.3) is 0 Å². The first-order chi connectivity index (χ1) is 9.95. The molecule has 0 bridgehead atoms. The van der Waals surface area contributed by atoms with Crippen LogP contribution in [0.15, 0.2) is 24.3 Å². The fourth-order valence-corrected chi connectivity index (χ4v) is 1.95. The van der Waals surface area contributed by atoms with Gasteiger partial charge in [0.15, 0.2) is 0 Å². The number of anilines is 1. The molecule has 2 rings (SSSR count). The molecule has 5 nitrogen and oxygen atoms in total. The van der Waals surface area contributed by atoms with Crippen LogP contribution in [-0.4, -0.2) is 42.4 Å². The standard InChI is InChI=1S/C16H23N3O2/c1-11-4-6-13(7-5-11)17-15(20)10-19(3)12(2)16(21)18-14-8-9-14/h4-7,12,14H,8-10H2,1-3H3,(H,17,20)(H,18,21)/t12-/m1/s1. The maximum Gasteiger partial charge on any atom is 0.238 e. The van der Waals surface area contributed by atoms with Crippen LogP contribution in [0, 0.1) is 6.92 Å². The van der Waals surface area contributed by atoms with Gasteiger partial charge in [0.05, 0.1) is 12.6 Å². The van der Waals surface area contributed by atoms with Crippen molar-refractivity contribution in [2.45, 2.75) is 38.8 Å². The van der Waals surface area contributed by atoms with Crippen LogP contribution in [0.5, 0.6) is 0 Å². The monoisotopic (exact) mass is 289 g/mol. The van der Waals surface area contributed by atoms with E-state index in [1.165, 1.54) is 0 Å². The largest absolute Gasteiger partial charge is 0.352 e. The second kappa shape index (κ2) is 6.72. The SMILES string of the molecule is Cc1ccc(NC(=O)CN(C)[C@H](C)C(=O)NC2CC2)cc1. The van der Waals surface area contributed by atoms with E-state index in [2.05, 4.69) is 10.6 Å². The summed E-state index contributed by atoms with van der Waals surface area (Å²) in [7, 11) is 1.78. The van der Waals surface area contributed by atoms with Crippen molar-refractivity contribution in [2.24, 2.45) is 0 Å². The maximum atomic E-state index is 12.0. The van der Waals surface area contributed by atoms with Gasteiger partial charge in [-0.15, -0.1) is 0 Å². The first kappa shape index (κ1) is 15.5. The minimum Gasteiger partial charge on any atom is -0.352 e. The summed E-state index contributed by atoms with van der Waals surface area (Å²) in [6, 6.07) is 7.67. The second-order valence-corrected chi connectivity index (χ2v) is 5.79. The Morgan fingerprint density at radius 2 is 1.90 bits per heavy atom. The third-order valence-corrected chi connectivity index (χ3v) is 3.69. The third-order valence-electron chi connectivity index (χ3n) is 3.69. The highest BCUT2D eigenvalue weighted by atomic mass is 16.2. The predicted molar refractivity (Wildman–Crippen MR) is 83.1 cm³/mol. The van der Waals surface area contributed by atoms with Crippen molar-refractivity contribution in [3.05, 3.63) is 29.8 Å². The third kappa shape index (κ3) is 4.86. The zero-order valence-corrected chi connectivity index (χ0v) is 12.8. The van der Waals surface area contributed by atoms with Gasteiger partial charge in [0.2, 0.25) is 11.8 Å². The number of nitrogens with zero attached hydrogens (tertiary/aromatic N) is 1. The lowest BCUT2D eigenvalue weighted by Gasteiger charge is -2.23. The van der Waals surface area contributed by atoms with Crippen LogP contribution < -0.4 is 10.6 Å². The number of benzene rings is 1. The molecule has 0 heterocycles. The molecule has 1 saturated carbocycles. The minimum absolute atomic E-state index is 0.0110. The molecule has 1 aliphatic carbocycles. The van der Waals surface area contributed by atoms with Crippen molar-refractivity contribution >= 4 is 17.5 Å². The molecule has 0 spiro atoms. The summed E-state index contributed by atoms with van der Waals surface area (Å²) >= 11 is 0. The van der Waals surface area contributed by atoms with Crippen molar-refractivity contribution < 1.29 is 9.59 Å². The number of likely N-dealkylation sites (N-methyl/N-ethyl adjacent to an activating group) is 1. The summed E-state index contributed by atoms with van der Waals surface area (Å²) in [5.74, 6) is -0.129. The Labute approximate surface area is 125 Å². The van der Waals surface area contributed by atoms with Gasteiger partial charge in [0, 0.05) is 11.7 Å². The summed E-state index contributed by atoms with van der Waals surface area (Å²) in [4.78, 5) is 25.7. The fourth-order valence-electron chi connectivity index (χ4n) is 1.95. The normalized spacial score (nSPS) is 15.6. The molecule has 1 atom stereocenters. The van der Waals surface area contributed by atoms with Gasteiger partial charge in [-0.25, -0.2) is 0 Å². The molecule has 1 aromatic rings. The lowest BCUT2D eigenvalue weighted by Crippen LogP contribution is -2.46. The van der Waals surface area contributed by atoms with Crippen LogP contribution in [-0.2, 0) is 9.59 Å². The zero-order chi connectivity index (χ0) is 15.4. The molecule has 2 amide bonds. The van der Waals surface area contributed by atoms with Crippen molar-refractivity contribution in [3.63, 3.8) is 0 Å². The quantitative estimate of drug-likeness (QED) is 0.835. The van der Waals surface area contributed by atoms with Crippen LogP contribution in [0.3, 0.4) is 0 Å². The van der Waals surface area contributed by atoms with Crippen molar-refractivity contribution in [1.82, 2.24) is 10.2 Å². The van der Waals surface area contributed by atoms with E-state index in [1.54, 1.807) is 11.9 Å². The number of carbonyl (C=O) groups excluding carboxylic acids is 2. The topological polar surface area (TPSA) is 61.4 Å². The highest BCUT2D eigenvalue weighted by Gasteiger charge is 2.27. The molecular formula is C16H23N3O2. The maximum absolute atomic E-state index is 12.0. The van der Waals surface area contributed by atoms with Crippen molar-refractivity contribution in [2.75, 3.05) is 18.9 Å². The molecule has 21 heavy (non-hydrogen) atoms. The number of nitrogens with one attached hydrogen (secondary N) is 2. The van der Waals surface area contributed by atoms with Crippen LogP contribution in [0.25, 0.3) is 0 Å². The van der Waals surface area contributed by atoms with Crippen LogP contribution >= 0.6 is 0 Å². The molecule has 5 heteroatoms. The summed E-state index contributed by atoms with van der Waals surface area (Å²) in [5, 5.41) is 5.79. The second-order valence-electron chi connectivity index (χ2n) is 5.79. The highest BCUT2D eigenvalue weighted by Crippen LogP contribution is 2.19. The van der Waals surface area contributed by atoms with E-state index >= 15 is 0 Å². The molecule has 0 saturated heterocycles. The summed E-state index contributed by atoms with van der Waals surface area (Å²) in [6.45, 7) is 4.00. The van der Waals surface area contributed by atoms with Crippen LogP contribution in [0.1, 0.15) is 25.3 Å². The Kier molecular flexibility index (Phi) is 4.96. The number of amides is 2. The smallest absolute Gasteiger partial charge is 0.238 e. The molecule has 1 aliphatic rings. The first-order valence-corrected chi connectivity index (χ1v) is 7.33. The van der Waals surface area contributed by atoms with Gasteiger partial charge in [-0.3, -0.25) is 14.5 Å². The van der Waals surface area contributed by atoms with Gasteiger partial charge in [-0.2, -0.15) is 0 Å². The van der Waals surface area contributed by atoms with Gasteiger partial charge < -0.3 is 10.6 Å². The highest BCUT2D eigenvalue weighted by molar-refractivity contribution is 5.92. The molecular weight excluding hydrogens is 266 g/mol. The molecule has 2 N–H and O–H groups in total. The Morgan fingerprint density at radius 1 is 1.29 bits per heavy atom. The Bertz CT molecular complexity index is 509. The molecule has 0 radical (unpaired) electrons. The van der Waals surface area contributed by atoms with Crippen LogP contribution in [0.4, 0.5) is 5.69 Å². The van der Waals surface area contributed by atoms with Gasteiger partial charge in [0.1, 0.15) is 0 Å². The van der Waals surface area contributed by atoms with Gasteiger partial charge in [-0.1, -0.05) is 17.7 Å². The molecule has 114 valence electrons. The molecule has 1 aromatic carbocycles. The van der Waals surface area contributed by atoms with E-state index in [0.29, 0.717) is 6.04 Å². The Morgan fingerprint density at radius 3 is 2.48 bits per heavy atom. The average Bonchev–Trinajstić information content (AvgIpc) is 3.24. The average molecular weight is 289 g/mol. The summed E-state index contributed by atoms with van der Waals surface area (Å²) in [5.41, 5.74) is 1.92. The van der Waals surface area contributed by atoms with Gasteiger partial charge in [-0.05, 0) is 45.9 Å². The number of rotatable bonds is 6. The van der Waals surface area contributed by atoms with Crippen LogP contribution in [0.2, 0.25) is 0 Å². The number of hydrogen-bond acceptors (Lipinski definition) is 3. The molecule has 0 aromatic heterocycles. The minimum atomic E-state index is -0.311. The molecule has 0 unspecified atom stereocenters. The fraction of sp³-hybridized carbons (Fsp3) is 0.500. The van der Waals surface area contributed by atoms with E-state index in [9.17, 15) is 9.59 Å². The van der Waals surface area contributed by atoms with Gasteiger partial charge >= 0.3 is 0 Å². The van der Waals surface area contributed by atoms with E-state index in [0.717, 1.165) is 24.1 Å². The summed E-state index contributed by atoms with van der Waals surface area (Å²) < 4.78 is 0. The molecule has 0 aliphatic heterocycles. The van der Waals surface area contributed by atoms with E-state index in [4.69, 9.17) is 0 Å².